The van der Waals surface area contributed by atoms with Crippen molar-refractivity contribution in [3.8, 4) is 0 Å². The molecule has 2 heterocycles. The molecular weight excluding hydrogens is 198 g/mol. The van der Waals surface area contributed by atoms with E-state index in [2.05, 4.69) is 14.5 Å². The number of nitrogens with zero attached hydrogens (tertiary/aromatic N) is 3. The lowest BCUT2D eigenvalue weighted by atomic mass is 10.2. The Hall–Kier alpha value is -0.700. The van der Waals surface area contributed by atoms with Crippen LogP contribution in [0.1, 0.15) is 19.3 Å². The van der Waals surface area contributed by atoms with E-state index in [4.69, 9.17) is 11.6 Å². The van der Waals surface area contributed by atoms with E-state index in [9.17, 15) is 0 Å². The summed E-state index contributed by atoms with van der Waals surface area (Å²) in [5.41, 5.74) is 0. The molecule has 78 valence electrons. The monoisotopic (exact) mass is 213 g/mol. The number of anilines is 1. The first-order valence-electron chi connectivity index (χ1n) is 5.13. The van der Waals surface area contributed by atoms with Crippen LogP contribution in [0.3, 0.4) is 0 Å². The van der Waals surface area contributed by atoms with E-state index in [-0.39, 0.29) is 0 Å². The fourth-order valence-corrected chi connectivity index (χ4v) is 2.17. The molecule has 0 radical (unpaired) electrons. The molecule has 1 saturated heterocycles. The Kier molecular flexibility index (Phi) is 2.96. The summed E-state index contributed by atoms with van der Waals surface area (Å²) in [6.07, 6.45) is 7.19. The molecule has 1 fully saturated rings. The second-order valence-electron chi connectivity index (χ2n) is 3.85. The van der Waals surface area contributed by atoms with Gasteiger partial charge in [0.05, 0.1) is 0 Å². The molecule has 2 rings (SSSR count). The molecule has 0 N–H and O–H groups in total. The van der Waals surface area contributed by atoms with Crippen LogP contribution in [0.15, 0.2) is 12.4 Å². The van der Waals surface area contributed by atoms with Crippen LogP contribution in [-0.4, -0.2) is 28.0 Å². The van der Waals surface area contributed by atoms with Crippen molar-refractivity contribution < 1.29 is 0 Å². The van der Waals surface area contributed by atoms with Gasteiger partial charge in [-0.05, 0) is 19.3 Å². The molecule has 1 atom stereocenters. The summed E-state index contributed by atoms with van der Waals surface area (Å²) < 4.78 is 2.06. The van der Waals surface area contributed by atoms with Crippen LogP contribution in [0.2, 0.25) is 0 Å². The van der Waals surface area contributed by atoms with Crippen molar-refractivity contribution in [3.63, 3.8) is 0 Å². The first-order chi connectivity index (χ1) is 6.77. The fraction of sp³-hybridized carbons (Fsp3) is 0.700. The third kappa shape index (κ3) is 2.03. The van der Waals surface area contributed by atoms with Gasteiger partial charge in [-0.1, -0.05) is 0 Å². The van der Waals surface area contributed by atoms with Crippen molar-refractivity contribution >= 4 is 17.5 Å². The lowest BCUT2D eigenvalue weighted by Gasteiger charge is -2.21. The largest absolute Gasteiger partial charge is 0.342 e. The van der Waals surface area contributed by atoms with Crippen LogP contribution in [0.25, 0.3) is 0 Å². The molecule has 0 saturated carbocycles. The standard InChI is InChI=1S/C10H16ClN3/c1-13-8-5-12-10(13)14-6-2-3-9(11)4-7-14/h5,8-9H,2-4,6-7H2,1H3. The quantitative estimate of drug-likeness (QED) is 0.666. The number of aryl methyl sites for hydroxylation is 1. The van der Waals surface area contributed by atoms with Gasteiger partial charge in [0.1, 0.15) is 0 Å². The summed E-state index contributed by atoms with van der Waals surface area (Å²) >= 11 is 6.13. The highest BCUT2D eigenvalue weighted by Crippen LogP contribution is 2.19. The third-order valence-corrected chi connectivity index (χ3v) is 3.17. The van der Waals surface area contributed by atoms with Crippen molar-refractivity contribution in [3.05, 3.63) is 12.4 Å². The SMILES string of the molecule is Cn1ccnc1N1CCCC(Cl)CC1. The molecular formula is C10H16ClN3. The molecule has 1 unspecified atom stereocenters. The normalized spacial score (nSPS) is 23.6. The minimum absolute atomic E-state index is 0.347. The Labute approximate surface area is 89.7 Å². The Balaban J connectivity index is 2.08. The van der Waals surface area contributed by atoms with E-state index in [1.165, 1.54) is 6.42 Å². The van der Waals surface area contributed by atoms with E-state index < -0.39 is 0 Å². The first-order valence-corrected chi connectivity index (χ1v) is 5.57. The van der Waals surface area contributed by atoms with Gasteiger partial charge in [-0.25, -0.2) is 4.98 Å². The lowest BCUT2D eigenvalue weighted by Crippen LogP contribution is -2.26. The van der Waals surface area contributed by atoms with E-state index in [1.807, 2.05) is 19.4 Å². The maximum Gasteiger partial charge on any atom is 0.205 e. The predicted molar refractivity (Wildman–Crippen MR) is 58.9 cm³/mol. The van der Waals surface area contributed by atoms with Crippen molar-refractivity contribution in [2.24, 2.45) is 7.05 Å². The third-order valence-electron chi connectivity index (χ3n) is 2.74. The number of aromatic nitrogens is 2. The minimum Gasteiger partial charge on any atom is -0.342 e. The summed E-state index contributed by atoms with van der Waals surface area (Å²) in [6, 6.07) is 0. The summed E-state index contributed by atoms with van der Waals surface area (Å²) in [7, 11) is 2.03. The van der Waals surface area contributed by atoms with Crippen LogP contribution < -0.4 is 4.90 Å². The smallest absolute Gasteiger partial charge is 0.205 e. The van der Waals surface area contributed by atoms with Gasteiger partial charge >= 0.3 is 0 Å². The topological polar surface area (TPSA) is 21.1 Å². The summed E-state index contributed by atoms with van der Waals surface area (Å²) in [6.45, 7) is 2.10. The number of rotatable bonds is 1. The maximum atomic E-state index is 6.13. The predicted octanol–water partition coefficient (Wildman–Crippen LogP) is 2.02. The summed E-state index contributed by atoms with van der Waals surface area (Å²) in [4.78, 5) is 6.67. The van der Waals surface area contributed by atoms with E-state index >= 15 is 0 Å². The Morgan fingerprint density at radius 2 is 2.29 bits per heavy atom. The van der Waals surface area contributed by atoms with E-state index in [0.29, 0.717) is 5.38 Å². The van der Waals surface area contributed by atoms with Crippen molar-refractivity contribution in [1.82, 2.24) is 9.55 Å². The summed E-state index contributed by atoms with van der Waals surface area (Å²) in [5, 5.41) is 0.347. The molecule has 0 aliphatic carbocycles. The van der Waals surface area contributed by atoms with Crippen molar-refractivity contribution in [1.29, 1.82) is 0 Å². The van der Waals surface area contributed by atoms with Gasteiger partial charge in [-0.2, -0.15) is 0 Å². The van der Waals surface area contributed by atoms with Gasteiger partial charge in [0.25, 0.3) is 0 Å². The van der Waals surface area contributed by atoms with Crippen LogP contribution in [-0.2, 0) is 7.05 Å². The summed E-state index contributed by atoms with van der Waals surface area (Å²) in [5.74, 6) is 1.07. The number of imidazole rings is 1. The zero-order valence-electron chi connectivity index (χ0n) is 8.49. The molecule has 0 aromatic carbocycles. The van der Waals surface area contributed by atoms with Gasteiger partial charge < -0.3 is 9.47 Å². The van der Waals surface area contributed by atoms with Gasteiger partial charge in [-0.15, -0.1) is 11.6 Å². The average molecular weight is 214 g/mol. The second kappa shape index (κ2) is 4.22. The van der Waals surface area contributed by atoms with E-state index in [0.717, 1.165) is 31.9 Å². The van der Waals surface area contributed by atoms with Gasteiger partial charge in [0, 0.05) is 37.9 Å². The maximum absolute atomic E-state index is 6.13. The molecule has 1 aromatic heterocycles. The Bertz CT molecular complexity index is 297. The number of hydrogen-bond donors (Lipinski definition) is 0. The zero-order chi connectivity index (χ0) is 9.97. The molecule has 0 bridgehead atoms. The highest BCUT2D eigenvalue weighted by Gasteiger charge is 2.17. The minimum atomic E-state index is 0.347. The lowest BCUT2D eigenvalue weighted by molar-refractivity contribution is 0.733. The average Bonchev–Trinajstić information content (AvgIpc) is 2.46. The van der Waals surface area contributed by atoms with Crippen LogP contribution in [0.4, 0.5) is 5.95 Å². The number of hydrogen-bond acceptors (Lipinski definition) is 2. The fourth-order valence-electron chi connectivity index (χ4n) is 1.92. The highest BCUT2D eigenvalue weighted by molar-refractivity contribution is 6.20. The molecule has 0 spiro atoms. The molecule has 1 aliphatic heterocycles. The molecule has 14 heavy (non-hydrogen) atoms. The van der Waals surface area contributed by atoms with Crippen LogP contribution in [0.5, 0.6) is 0 Å². The van der Waals surface area contributed by atoms with E-state index in [1.54, 1.807) is 0 Å². The van der Waals surface area contributed by atoms with Gasteiger partial charge in [-0.3, -0.25) is 0 Å². The van der Waals surface area contributed by atoms with Crippen LogP contribution in [0, 0.1) is 0 Å². The van der Waals surface area contributed by atoms with Gasteiger partial charge in [0.2, 0.25) is 5.95 Å². The molecule has 4 heteroatoms. The number of halogens is 1. The zero-order valence-corrected chi connectivity index (χ0v) is 9.24. The highest BCUT2D eigenvalue weighted by atomic mass is 35.5. The first kappa shape index (κ1) is 9.84. The number of alkyl halides is 1. The van der Waals surface area contributed by atoms with Crippen molar-refractivity contribution in [2.45, 2.75) is 24.6 Å². The molecule has 3 nitrogen and oxygen atoms in total. The van der Waals surface area contributed by atoms with Gasteiger partial charge in [0.15, 0.2) is 0 Å². The molecule has 0 amide bonds. The molecule has 1 aliphatic rings. The van der Waals surface area contributed by atoms with Crippen molar-refractivity contribution in [2.75, 3.05) is 18.0 Å². The Morgan fingerprint density at radius 3 is 3.00 bits per heavy atom. The second-order valence-corrected chi connectivity index (χ2v) is 4.47. The Morgan fingerprint density at radius 1 is 1.43 bits per heavy atom. The van der Waals surface area contributed by atoms with Crippen LogP contribution >= 0.6 is 11.6 Å². The molecule has 1 aromatic rings.